The van der Waals surface area contributed by atoms with Crippen molar-refractivity contribution >= 4 is 41.1 Å². The number of alkyl halides is 1. The Labute approximate surface area is 322 Å². The number of halogens is 3. The van der Waals surface area contributed by atoms with Crippen molar-refractivity contribution in [2.45, 2.75) is 102 Å². The molecule has 0 bridgehead atoms. The Kier molecular flexibility index (Phi) is 9.66. The summed E-state index contributed by atoms with van der Waals surface area (Å²) in [4.78, 5) is 18.7. The number of fused-ring (bicyclic) bond motifs is 4. The molecule has 2 aromatic heterocycles. The number of phenolic OH excluding ortho intramolecular Hbond substituents is 1. The Hall–Kier alpha value is -4.18. The zero-order valence-corrected chi connectivity index (χ0v) is 33.6. The fraction of sp³-hybridized carbons (Fsp3) is 0.512. The fourth-order valence-electron chi connectivity index (χ4n) is 10.3. The molecule has 0 unspecified atom stereocenters. The lowest BCUT2D eigenvalue weighted by Crippen LogP contribution is -2.44. The monoisotopic (exact) mass is 769 g/mol. The van der Waals surface area contributed by atoms with E-state index < -0.39 is 31.4 Å². The number of aromatic hydroxyl groups is 1. The van der Waals surface area contributed by atoms with Crippen molar-refractivity contribution < 1.29 is 27.8 Å². The average Bonchev–Trinajstić information content (AvgIpc) is 3.54. The van der Waals surface area contributed by atoms with Crippen LogP contribution in [0.25, 0.3) is 38.5 Å². The van der Waals surface area contributed by atoms with Gasteiger partial charge in [-0.3, -0.25) is 4.90 Å². The SMILES string of the molecule is C=C1c2nc(-c3cc(O)cc4ccc(F)c(C#C[Si](C(C)C)(C(C)C)C(C)C)c34)c(F)c3nc(OC[C@@]45CCCN4C[C@H](F)C5)nc(c23)N2CCCOC[C@@H]12. The summed E-state index contributed by atoms with van der Waals surface area (Å²) in [6, 6.07) is 5.52. The van der Waals surface area contributed by atoms with Crippen molar-refractivity contribution in [1.82, 2.24) is 19.9 Å². The molecule has 4 aromatic rings. The first-order valence-corrected chi connectivity index (χ1v) is 21.9. The van der Waals surface area contributed by atoms with E-state index in [1.807, 2.05) is 0 Å². The van der Waals surface area contributed by atoms with Crippen molar-refractivity contribution in [2.24, 2.45) is 0 Å². The molecule has 3 saturated heterocycles. The molecule has 1 N–H and O–H groups in total. The molecule has 8 rings (SSSR count). The van der Waals surface area contributed by atoms with Crippen molar-refractivity contribution in [1.29, 1.82) is 0 Å². The van der Waals surface area contributed by atoms with Gasteiger partial charge >= 0.3 is 6.01 Å². The number of hydrogen-bond acceptors (Lipinski definition) is 8. The second kappa shape index (κ2) is 14.1. The van der Waals surface area contributed by atoms with Gasteiger partial charge in [-0.1, -0.05) is 60.1 Å². The summed E-state index contributed by atoms with van der Waals surface area (Å²) in [7, 11) is -2.31. The molecule has 290 valence electrons. The van der Waals surface area contributed by atoms with E-state index in [4.69, 9.17) is 24.4 Å². The fourth-order valence-corrected chi connectivity index (χ4v) is 15.5. The van der Waals surface area contributed by atoms with E-state index in [0.29, 0.717) is 82.6 Å². The van der Waals surface area contributed by atoms with Crippen LogP contribution in [-0.2, 0) is 4.74 Å². The van der Waals surface area contributed by atoms with Gasteiger partial charge in [-0.2, -0.15) is 9.97 Å². The highest BCUT2D eigenvalue weighted by atomic mass is 28.3. The minimum atomic E-state index is -2.31. The van der Waals surface area contributed by atoms with Gasteiger partial charge < -0.3 is 19.5 Å². The molecule has 0 amide bonds. The number of nitrogens with zero attached hydrogens (tertiary/aromatic N) is 5. The van der Waals surface area contributed by atoms with Gasteiger partial charge in [0.15, 0.2) is 5.82 Å². The lowest BCUT2D eigenvalue weighted by Gasteiger charge is -2.38. The third-order valence-corrected chi connectivity index (χ3v) is 19.2. The van der Waals surface area contributed by atoms with Crippen molar-refractivity contribution in [3.63, 3.8) is 0 Å². The summed E-state index contributed by atoms with van der Waals surface area (Å²) in [5.41, 5.74) is 5.32. The van der Waals surface area contributed by atoms with Crippen molar-refractivity contribution in [3.8, 4) is 34.5 Å². The Morgan fingerprint density at radius 2 is 1.78 bits per heavy atom. The molecule has 3 atom stereocenters. The first-order chi connectivity index (χ1) is 26.3. The maximum Gasteiger partial charge on any atom is 0.319 e. The van der Waals surface area contributed by atoms with Crippen molar-refractivity contribution in [2.75, 3.05) is 44.4 Å². The zero-order chi connectivity index (χ0) is 39.0. The predicted molar refractivity (Wildman–Crippen MR) is 214 cm³/mol. The smallest absolute Gasteiger partial charge is 0.319 e. The van der Waals surface area contributed by atoms with Gasteiger partial charge in [0.2, 0.25) is 0 Å². The summed E-state index contributed by atoms with van der Waals surface area (Å²) in [5, 5.41) is 12.3. The molecule has 0 aliphatic carbocycles. The predicted octanol–water partition coefficient (Wildman–Crippen LogP) is 8.98. The van der Waals surface area contributed by atoms with Crippen LogP contribution < -0.4 is 9.64 Å². The topological polar surface area (TPSA) is 83.8 Å². The number of benzene rings is 2. The van der Waals surface area contributed by atoms with Gasteiger partial charge in [0.1, 0.15) is 49.4 Å². The second-order valence-electron chi connectivity index (χ2n) is 16.9. The van der Waals surface area contributed by atoms with E-state index in [1.165, 1.54) is 18.2 Å². The van der Waals surface area contributed by atoms with Gasteiger partial charge in [-0.05, 0) is 71.6 Å². The summed E-state index contributed by atoms with van der Waals surface area (Å²) in [5.74, 6) is 2.34. The van der Waals surface area contributed by atoms with Gasteiger partial charge in [0, 0.05) is 37.1 Å². The summed E-state index contributed by atoms with van der Waals surface area (Å²) in [6.07, 6.45) is 1.91. The number of phenols is 1. The quantitative estimate of drug-likeness (QED) is 0.147. The average molecular weight is 770 g/mol. The largest absolute Gasteiger partial charge is 0.508 e. The van der Waals surface area contributed by atoms with E-state index in [1.54, 1.807) is 6.07 Å². The van der Waals surface area contributed by atoms with Crippen LogP contribution in [0.1, 0.15) is 78.5 Å². The van der Waals surface area contributed by atoms with Crippen LogP contribution in [0.5, 0.6) is 11.8 Å². The van der Waals surface area contributed by atoms with E-state index in [0.717, 1.165) is 25.8 Å². The van der Waals surface area contributed by atoms with Crippen LogP contribution in [0.2, 0.25) is 16.6 Å². The van der Waals surface area contributed by atoms with Gasteiger partial charge in [0.05, 0.1) is 34.8 Å². The highest BCUT2D eigenvalue weighted by molar-refractivity contribution is 6.90. The maximum atomic E-state index is 17.5. The lowest BCUT2D eigenvalue weighted by atomic mass is 9.92. The standard InChI is InChI=1S/C43H50F3N5O3Si/c1-24(2)55(25(3)4,26(5)6)17-12-31-33(45)11-10-28-18-30(52)19-32(35(28)31)39-37(46)40-36-38(47-39)27(7)34-22-53-16-9-15-51(34)41(36)49-42(48-40)54-23-43-13-8-14-50(43)21-29(44)20-43/h10-11,18-19,24-26,29,34,52H,7-9,13-16,20-23H2,1-6H3/t29-,34+,43+/m1/s1. The molecular formula is C43H50F3N5O3Si. The minimum Gasteiger partial charge on any atom is -0.508 e. The summed E-state index contributed by atoms with van der Waals surface area (Å²) < 4.78 is 60.7. The summed E-state index contributed by atoms with van der Waals surface area (Å²) in [6.45, 7) is 20.4. The molecule has 0 spiro atoms. The van der Waals surface area contributed by atoms with Gasteiger partial charge in [-0.15, -0.1) is 5.54 Å². The van der Waals surface area contributed by atoms with Crippen LogP contribution in [0.15, 0.2) is 30.8 Å². The number of anilines is 1. The van der Waals surface area contributed by atoms with Crippen LogP contribution >= 0.6 is 0 Å². The molecule has 6 heterocycles. The molecule has 12 heteroatoms. The lowest BCUT2D eigenvalue weighted by molar-refractivity contribution is 0.107. The maximum absolute atomic E-state index is 17.5. The molecule has 4 aliphatic heterocycles. The van der Waals surface area contributed by atoms with E-state index in [-0.39, 0.29) is 46.7 Å². The van der Waals surface area contributed by atoms with E-state index in [2.05, 4.69) is 69.4 Å². The number of rotatable bonds is 7. The molecule has 8 nitrogen and oxygen atoms in total. The minimum absolute atomic E-state index is 0.0137. The number of pyridine rings is 1. The Balaban J connectivity index is 1.35. The van der Waals surface area contributed by atoms with Gasteiger partial charge in [0.25, 0.3) is 0 Å². The molecule has 55 heavy (non-hydrogen) atoms. The third-order valence-electron chi connectivity index (χ3n) is 12.9. The molecule has 3 fully saturated rings. The van der Waals surface area contributed by atoms with Crippen molar-refractivity contribution in [3.05, 3.63) is 53.7 Å². The molecule has 4 aliphatic rings. The molecular weight excluding hydrogens is 720 g/mol. The summed E-state index contributed by atoms with van der Waals surface area (Å²) >= 11 is 0. The van der Waals surface area contributed by atoms with E-state index in [9.17, 15) is 9.50 Å². The second-order valence-corrected chi connectivity index (χ2v) is 22.4. The third kappa shape index (κ3) is 6.08. The first kappa shape index (κ1) is 37.7. The highest BCUT2D eigenvalue weighted by Crippen LogP contribution is 2.47. The first-order valence-electron chi connectivity index (χ1n) is 19.7. The van der Waals surface area contributed by atoms with Crippen LogP contribution in [0.4, 0.5) is 19.0 Å². The Bertz CT molecular complexity index is 2250. The number of aromatic nitrogens is 3. The number of ether oxygens (including phenoxy) is 2. The normalized spacial score (nSPS) is 22.8. The van der Waals surface area contributed by atoms with Gasteiger partial charge in [-0.25, -0.2) is 18.2 Å². The van der Waals surface area contributed by atoms with Crippen LogP contribution in [-0.4, -0.2) is 90.2 Å². The Morgan fingerprint density at radius 1 is 1.02 bits per heavy atom. The highest BCUT2D eigenvalue weighted by Gasteiger charge is 2.49. The zero-order valence-electron chi connectivity index (χ0n) is 32.6. The number of hydrogen-bond donors (Lipinski definition) is 1. The molecule has 0 saturated carbocycles. The van der Waals surface area contributed by atoms with Crippen LogP contribution in [0, 0.1) is 23.1 Å². The Morgan fingerprint density at radius 3 is 2.53 bits per heavy atom. The molecule has 0 radical (unpaired) electrons. The van der Waals surface area contributed by atoms with E-state index >= 15 is 8.78 Å². The molecule has 2 aromatic carbocycles. The van der Waals surface area contributed by atoms with Crippen LogP contribution in [0.3, 0.4) is 0 Å².